The van der Waals surface area contributed by atoms with Gasteiger partial charge in [-0.25, -0.2) is 0 Å². The third kappa shape index (κ3) is 3.69. The lowest BCUT2D eigenvalue weighted by atomic mass is 10.4. The molecule has 78 valence electrons. The van der Waals surface area contributed by atoms with Crippen LogP contribution in [-0.2, 0) is 6.54 Å². The summed E-state index contributed by atoms with van der Waals surface area (Å²) in [5.74, 6) is 0. The monoisotopic (exact) mass is 274 g/mol. The van der Waals surface area contributed by atoms with Crippen molar-refractivity contribution >= 4 is 27.3 Å². The second-order valence-electron chi connectivity index (χ2n) is 3.64. The fourth-order valence-electron chi connectivity index (χ4n) is 1.31. The van der Waals surface area contributed by atoms with Crippen LogP contribution < -0.4 is 10.6 Å². The van der Waals surface area contributed by atoms with Gasteiger partial charge in [-0.15, -0.1) is 11.3 Å². The van der Waals surface area contributed by atoms with E-state index in [1.807, 2.05) is 0 Å². The second-order valence-corrected chi connectivity index (χ2v) is 5.55. The van der Waals surface area contributed by atoms with Gasteiger partial charge >= 0.3 is 0 Å². The van der Waals surface area contributed by atoms with Gasteiger partial charge in [-0.05, 0) is 34.8 Å². The van der Waals surface area contributed by atoms with Crippen LogP contribution in [0.2, 0.25) is 0 Å². The summed E-state index contributed by atoms with van der Waals surface area (Å²) >= 11 is 5.25. The van der Waals surface area contributed by atoms with E-state index in [0.29, 0.717) is 0 Å². The highest BCUT2D eigenvalue weighted by atomic mass is 79.9. The molecule has 0 radical (unpaired) electrons. The van der Waals surface area contributed by atoms with Gasteiger partial charge in [0.05, 0.1) is 0 Å². The molecule has 0 atom stereocenters. The SMILES string of the molecule is Brc1csc(CNCCNC2CC2)c1. The van der Waals surface area contributed by atoms with Gasteiger partial charge in [0.1, 0.15) is 0 Å². The third-order valence-corrected chi connectivity index (χ3v) is 3.93. The summed E-state index contributed by atoms with van der Waals surface area (Å²) in [5, 5.41) is 9.03. The summed E-state index contributed by atoms with van der Waals surface area (Å²) in [6.07, 6.45) is 2.75. The molecule has 1 aliphatic rings. The molecule has 14 heavy (non-hydrogen) atoms. The molecule has 1 aliphatic carbocycles. The number of hydrogen-bond donors (Lipinski definition) is 2. The summed E-state index contributed by atoms with van der Waals surface area (Å²) in [6, 6.07) is 3.00. The van der Waals surface area contributed by atoms with Gasteiger partial charge < -0.3 is 10.6 Å². The van der Waals surface area contributed by atoms with Crippen LogP contribution >= 0.6 is 27.3 Å². The maximum atomic E-state index is 3.48. The highest BCUT2D eigenvalue weighted by molar-refractivity contribution is 9.10. The Morgan fingerprint density at radius 3 is 2.93 bits per heavy atom. The van der Waals surface area contributed by atoms with Crippen molar-refractivity contribution in [1.29, 1.82) is 0 Å². The Hall–Kier alpha value is 0.1000. The third-order valence-electron chi connectivity index (χ3n) is 2.23. The lowest BCUT2D eigenvalue weighted by Gasteiger charge is -2.03. The van der Waals surface area contributed by atoms with Crippen molar-refractivity contribution < 1.29 is 0 Å². The molecule has 1 aromatic rings. The van der Waals surface area contributed by atoms with E-state index in [-0.39, 0.29) is 0 Å². The highest BCUT2D eigenvalue weighted by Crippen LogP contribution is 2.19. The van der Waals surface area contributed by atoms with Gasteiger partial charge in [0.25, 0.3) is 0 Å². The zero-order valence-electron chi connectivity index (χ0n) is 8.05. The Morgan fingerprint density at radius 2 is 2.29 bits per heavy atom. The van der Waals surface area contributed by atoms with Crippen LogP contribution in [0.25, 0.3) is 0 Å². The first-order valence-electron chi connectivity index (χ1n) is 5.01. The van der Waals surface area contributed by atoms with Gasteiger partial charge in [0.15, 0.2) is 0 Å². The topological polar surface area (TPSA) is 24.1 Å². The van der Waals surface area contributed by atoms with Crippen LogP contribution in [0.15, 0.2) is 15.9 Å². The van der Waals surface area contributed by atoms with Crippen LogP contribution in [0.5, 0.6) is 0 Å². The first-order valence-corrected chi connectivity index (χ1v) is 6.69. The molecule has 1 saturated carbocycles. The number of halogens is 1. The van der Waals surface area contributed by atoms with E-state index in [1.165, 1.54) is 22.2 Å². The minimum absolute atomic E-state index is 0.827. The van der Waals surface area contributed by atoms with E-state index < -0.39 is 0 Å². The predicted molar refractivity (Wildman–Crippen MR) is 64.8 cm³/mol. The average Bonchev–Trinajstić information content (AvgIpc) is 2.89. The summed E-state index contributed by atoms with van der Waals surface area (Å²) in [4.78, 5) is 1.39. The molecule has 0 spiro atoms. The zero-order chi connectivity index (χ0) is 9.80. The average molecular weight is 275 g/mol. The lowest BCUT2D eigenvalue weighted by molar-refractivity contribution is 0.611. The molecule has 0 saturated heterocycles. The molecule has 2 nitrogen and oxygen atoms in total. The molecule has 0 bridgehead atoms. The minimum atomic E-state index is 0.827. The summed E-state index contributed by atoms with van der Waals surface area (Å²) in [6.45, 7) is 3.14. The smallest absolute Gasteiger partial charge is 0.0300 e. The predicted octanol–water partition coefficient (Wildman–Crippen LogP) is 2.35. The lowest BCUT2D eigenvalue weighted by Crippen LogP contribution is -2.28. The number of hydrogen-bond acceptors (Lipinski definition) is 3. The van der Waals surface area contributed by atoms with Crippen molar-refractivity contribution in [1.82, 2.24) is 10.6 Å². The molecular weight excluding hydrogens is 260 g/mol. The molecule has 1 aromatic heterocycles. The van der Waals surface area contributed by atoms with Gasteiger partial charge in [0.2, 0.25) is 0 Å². The Labute approximate surface area is 97.2 Å². The minimum Gasteiger partial charge on any atom is -0.313 e. The van der Waals surface area contributed by atoms with Crippen LogP contribution in [-0.4, -0.2) is 19.1 Å². The van der Waals surface area contributed by atoms with Crippen molar-refractivity contribution in [3.05, 3.63) is 20.8 Å². The fourth-order valence-corrected chi connectivity index (χ4v) is 2.73. The van der Waals surface area contributed by atoms with E-state index in [4.69, 9.17) is 0 Å². The number of rotatable bonds is 6. The number of nitrogens with one attached hydrogen (secondary N) is 2. The number of thiophene rings is 1. The zero-order valence-corrected chi connectivity index (χ0v) is 10.5. The van der Waals surface area contributed by atoms with E-state index in [2.05, 4.69) is 38.0 Å². The van der Waals surface area contributed by atoms with Crippen LogP contribution in [0.3, 0.4) is 0 Å². The molecule has 0 amide bonds. The summed E-state index contributed by atoms with van der Waals surface area (Å²) < 4.78 is 1.19. The molecular formula is C10H15BrN2S. The van der Waals surface area contributed by atoms with Gasteiger partial charge in [-0.2, -0.15) is 0 Å². The summed E-state index contributed by atoms with van der Waals surface area (Å²) in [7, 11) is 0. The molecule has 2 N–H and O–H groups in total. The van der Waals surface area contributed by atoms with Crippen LogP contribution in [0.4, 0.5) is 0 Å². The largest absolute Gasteiger partial charge is 0.313 e. The normalized spacial score (nSPS) is 16.1. The Morgan fingerprint density at radius 1 is 1.43 bits per heavy atom. The van der Waals surface area contributed by atoms with Crippen molar-refractivity contribution in [2.45, 2.75) is 25.4 Å². The van der Waals surface area contributed by atoms with Crippen molar-refractivity contribution in [3.63, 3.8) is 0 Å². The van der Waals surface area contributed by atoms with Gasteiger partial charge in [0, 0.05) is 40.4 Å². The van der Waals surface area contributed by atoms with Crippen molar-refractivity contribution in [3.8, 4) is 0 Å². The van der Waals surface area contributed by atoms with E-state index >= 15 is 0 Å². The molecule has 0 aliphatic heterocycles. The van der Waals surface area contributed by atoms with E-state index in [9.17, 15) is 0 Å². The maximum Gasteiger partial charge on any atom is 0.0300 e. The standard InChI is InChI=1S/C10H15BrN2S/c11-8-5-10(14-7-8)6-12-3-4-13-9-1-2-9/h5,7,9,12-13H,1-4,6H2. The molecule has 1 fully saturated rings. The quantitative estimate of drug-likeness (QED) is 0.779. The molecule has 0 aromatic carbocycles. The fraction of sp³-hybridized carbons (Fsp3) is 0.600. The molecule has 4 heteroatoms. The molecule has 1 heterocycles. The molecule has 0 unspecified atom stereocenters. The summed E-state index contributed by atoms with van der Waals surface area (Å²) in [5.41, 5.74) is 0. The van der Waals surface area contributed by atoms with Crippen molar-refractivity contribution in [2.24, 2.45) is 0 Å². The highest BCUT2D eigenvalue weighted by Gasteiger charge is 2.19. The van der Waals surface area contributed by atoms with Gasteiger partial charge in [-0.3, -0.25) is 0 Å². The maximum absolute atomic E-state index is 3.48. The van der Waals surface area contributed by atoms with Crippen molar-refractivity contribution in [2.75, 3.05) is 13.1 Å². The Balaban J connectivity index is 1.53. The Bertz CT molecular complexity index is 283. The van der Waals surface area contributed by atoms with Crippen LogP contribution in [0.1, 0.15) is 17.7 Å². The van der Waals surface area contributed by atoms with E-state index in [0.717, 1.165) is 25.7 Å². The Kier molecular flexibility index (Phi) is 3.99. The first-order chi connectivity index (χ1) is 6.84. The first kappa shape index (κ1) is 10.6. The molecule has 2 rings (SSSR count). The van der Waals surface area contributed by atoms with E-state index in [1.54, 1.807) is 11.3 Å². The second kappa shape index (κ2) is 5.26. The van der Waals surface area contributed by atoms with Crippen LogP contribution in [0, 0.1) is 0 Å². The van der Waals surface area contributed by atoms with Gasteiger partial charge in [-0.1, -0.05) is 0 Å².